The van der Waals surface area contributed by atoms with E-state index in [4.69, 9.17) is 5.73 Å². The highest BCUT2D eigenvalue weighted by Gasteiger charge is 2.47. The average molecular weight is 306 g/mol. The molecule has 1 amide bonds. The van der Waals surface area contributed by atoms with Crippen molar-refractivity contribution < 1.29 is 18.0 Å². The Bertz CT molecular complexity index is 351. The van der Waals surface area contributed by atoms with Crippen LogP contribution in [0.2, 0.25) is 0 Å². The summed E-state index contributed by atoms with van der Waals surface area (Å²) in [5, 5.41) is 0. The summed E-state index contributed by atoms with van der Waals surface area (Å²) in [6, 6.07) is -1.97. The van der Waals surface area contributed by atoms with Crippen LogP contribution >= 0.6 is 0 Å². The van der Waals surface area contributed by atoms with Gasteiger partial charge in [-0.15, -0.1) is 0 Å². The van der Waals surface area contributed by atoms with Crippen LogP contribution in [0.4, 0.5) is 13.2 Å². The molecule has 2 N–H and O–H groups in total. The molecule has 0 bridgehead atoms. The summed E-state index contributed by atoms with van der Waals surface area (Å²) >= 11 is 0. The monoisotopic (exact) mass is 306 g/mol. The second kappa shape index (κ2) is 6.99. The molecule has 0 radical (unpaired) electrons. The van der Waals surface area contributed by atoms with Crippen LogP contribution in [-0.4, -0.2) is 35.6 Å². The van der Waals surface area contributed by atoms with Crippen LogP contribution < -0.4 is 5.73 Å². The molecule has 0 aromatic rings. The highest BCUT2D eigenvalue weighted by Crippen LogP contribution is 2.33. The predicted molar refractivity (Wildman–Crippen MR) is 74.6 cm³/mol. The maximum absolute atomic E-state index is 13.1. The van der Waals surface area contributed by atoms with Crippen molar-refractivity contribution >= 4 is 5.91 Å². The van der Waals surface area contributed by atoms with Crippen molar-refractivity contribution in [3.05, 3.63) is 0 Å². The van der Waals surface area contributed by atoms with Crippen molar-refractivity contribution in [1.82, 2.24) is 4.90 Å². The van der Waals surface area contributed by atoms with E-state index in [0.29, 0.717) is 6.42 Å². The third kappa shape index (κ3) is 4.59. The van der Waals surface area contributed by atoms with E-state index in [0.717, 1.165) is 30.6 Å². The van der Waals surface area contributed by atoms with Crippen LogP contribution in [0.3, 0.4) is 0 Å². The van der Waals surface area contributed by atoms with Crippen molar-refractivity contribution in [2.45, 2.75) is 76.0 Å². The smallest absolute Gasteiger partial charge is 0.329 e. The molecule has 122 valence electrons. The second-order valence-corrected chi connectivity index (χ2v) is 6.50. The first-order valence-electron chi connectivity index (χ1n) is 7.99. The molecule has 0 spiro atoms. The van der Waals surface area contributed by atoms with Crippen molar-refractivity contribution in [2.75, 3.05) is 6.54 Å². The first kappa shape index (κ1) is 16.6. The first-order valence-corrected chi connectivity index (χ1v) is 7.99. The highest BCUT2D eigenvalue weighted by molar-refractivity contribution is 5.77. The van der Waals surface area contributed by atoms with Gasteiger partial charge in [0.05, 0.1) is 0 Å². The van der Waals surface area contributed by atoms with E-state index in [9.17, 15) is 18.0 Å². The Labute approximate surface area is 124 Å². The fourth-order valence-corrected chi connectivity index (χ4v) is 3.55. The molecule has 0 aromatic carbocycles. The summed E-state index contributed by atoms with van der Waals surface area (Å²) in [4.78, 5) is 13.4. The van der Waals surface area contributed by atoms with Gasteiger partial charge >= 0.3 is 6.18 Å². The molecular formula is C15H25F3N2O. The van der Waals surface area contributed by atoms with Crippen molar-refractivity contribution in [2.24, 2.45) is 11.7 Å². The number of carbonyl (C=O) groups is 1. The lowest BCUT2D eigenvalue weighted by molar-refractivity contribution is -0.197. The highest BCUT2D eigenvalue weighted by atomic mass is 19.4. The SMILES string of the molecule is NC1CCC(C(F)(F)F)N(C(=O)CC2CCCCCC2)C1. The molecule has 6 heteroatoms. The van der Waals surface area contributed by atoms with E-state index in [1.54, 1.807) is 0 Å². The molecule has 1 aliphatic carbocycles. The molecule has 1 saturated heterocycles. The summed E-state index contributed by atoms with van der Waals surface area (Å²) in [5.41, 5.74) is 5.77. The summed E-state index contributed by atoms with van der Waals surface area (Å²) in [6.45, 7) is 0.0374. The van der Waals surface area contributed by atoms with Crippen LogP contribution in [0.5, 0.6) is 0 Å². The zero-order valence-corrected chi connectivity index (χ0v) is 12.4. The van der Waals surface area contributed by atoms with Gasteiger partial charge in [0, 0.05) is 19.0 Å². The number of hydrogen-bond donors (Lipinski definition) is 1. The fraction of sp³-hybridized carbons (Fsp3) is 0.933. The van der Waals surface area contributed by atoms with Gasteiger partial charge in [-0.25, -0.2) is 0 Å². The van der Waals surface area contributed by atoms with E-state index < -0.39 is 12.2 Å². The molecule has 1 aliphatic heterocycles. The van der Waals surface area contributed by atoms with Gasteiger partial charge in [-0.1, -0.05) is 25.7 Å². The van der Waals surface area contributed by atoms with Crippen molar-refractivity contribution in [3.8, 4) is 0 Å². The average Bonchev–Trinajstić information content (AvgIpc) is 2.65. The minimum Gasteiger partial charge on any atom is -0.329 e. The number of piperidine rings is 1. The molecule has 2 rings (SSSR count). The van der Waals surface area contributed by atoms with Gasteiger partial charge in [-0.3, -0.25) is 4.79 Å². The lowest BCUT2D eigenvalue weighted by Crippen LogP contribution is -2.56. The Morgan fingerprint density at radius 3 is 2.24 bits per heavy atom. The quantitative estimate of drug-likeness (QED) is 0.796. The molecule has 2 fully saturated rings. The fourth-order valence-electron chi connectivity index (χ4n) is 3.55. The normalized spacial score (nSPS) is 29.2. The van der Waals surface area contributed by atoms with Crippen molar-refractivity contribution in [1.29, 1.82) is 0 Å². The van der Waals surface area contributed by atoms with Crippen LogP contribution in [0.1, 0.15) is 57.8 Å². The van der Waals surface area contributed by atoms with Gasteiger partial charge in [0.15, 0.2) is 0 Å². The maximum Gasteiger partial charge on any atom is 0.408 e. The third-order valence-corrected chi connectivity index (χ3v) is 4.75. The molecule has 2 atom stereocenters. The number of likely N-dealkylation sites (tertiary alicyclic amines) is 1. The van der Waals surface area contributed by atoms with Crippen LogP contribution in [0.15, 0.2) is 0 Å². The largest absolute Gasteiger partial charge is 0.408 e. The van der Waals surface area contributed by atoms with Crippen LogP contribution in [0.25, 0.3) is 0 Å². The number of carbonyl (C=O) groups excluding carboxylic acids is 1. The standard InChI is InChI=1S/C15H25F3N2O/c16-15(17,18)13-8-7-12(19)10-20(13)14(21)9-11-5-3-1-2-4-6-11/h11-13H,1-10,19H2. The molecule has 21 heavy (non-hydrogen) atoms. The number of hydrogen-bond acceptors (Lipinski definition) is 2. The number of nitrogens with two attached hydrogens (primary N) is 1. The van der Waals surface area contributed by atoms with Gasteiger partial charge in [0.1, 0.15) is 6.04 Å². The molecule has 1 saturated carbocycles. The second-order valence-electron chi connectivity index (χ2n) is 6.50. The van der Waals surface area contributed by atoms with Crippen LogP contribution in [0, 0.1) is 5.92 Å². The van der Waals surface area contributed by atoms with Gasteiger partial charge in [0.25, 0.3) is 0 Å². The predicted octanol–water partition coefficient (Wildman–Crippen LogP) is 3.23. The summed E-state index contributed by atoms with van der Waals surface area (Å²) in [5.74, 6) is -0.119. The van der Waals surface area contributed by atoms with E-state index in [1.807, 2.05) is 0 Å². The zero-order valence-electron chi connectivity index (χ0n) is 12.4. The van der Waals surface area contributed by atoms with E-state index in [2.05, 4.69) is 0 Å². The maximum atomic E-state index is 13.1. The number of amides is 1. The van der Waals surface area contributed by atoms with Crippen LogP contribution in [-0.2, 0) is 4.79 Å². The van der Waals surface area contributed by atoms with E-state index >= 15 is 0 Å². The molecule has 3 nitrogen and oxygen atoms in total. The third-order valence-electron chi connectivity index (χ3n) is 4.75. The zero-order chi connectivity index (χ0) is 15.5. The molecule has 2 aliphatic rings. The minimum atomic E-state index is -4.35. The van der Waals surface area contributed by atoms with Gasteiger partial charge in [-0.2, -0.15) is 13.2 Å². The summed E-state index contributed by atoms with van der Waals surface area (Å²) in [6.07, 6.45) is 2.59. The number of nitrogens with zero attached hydrogens (tertiary/aromatic N) is 1. The first-order chi connectivity index (χ1) is 9.88. The molecule has 0 aromatic heterocycles. The Kier molecular flexibility index (Phi) is 5.52. The Balaban J connectivity index is 1.99. The lowest BCUT2D eigenvalue weighted by atomic mass is 9.93. The Hall–Kier alpha value is -0.780. The van der Waals surface area contributed by atoms with Gasteiger partial charge in [-0.05, 0) is 31.6 Å². The molecule has 2 unspecified atom stereocenters. The Morgan fingerprint density at radius 1 is 1.05 bits per heavy atom. The van der Waals surface area contributed by atoms with E-state index in [-0.39, 0.29) is 37.3 Å². The number of halogens is 3. The van der Waals surface area contributed by atoms with Gasteiger partial charge in [0.2, 0.25) is 5.91 Å². The molecular weight excluding hydrogens is 281 g/mol. The number of rotatable bonds is 2. The lowest BCUT2D eigenvalue weighted by Gasteiger charge is -2.40. The summed E-state index contributed by atoms with van der Waals surface area (Å²) < 4.78 is 39.3. The molecule has 1 heterocycles. The number of alkyl halides is 3. The van der Waals surface area contributed by atoms with Gasteiger partial charge < -0.3 is 10.6 Å². The Morgan fingerprint density at radius 2 is 1.67 bits per heavy atom. The topological polar surface area (TPSA) is 46.3 Å². The van der Waals surface area contributed by atoms with Crippen molar-refractivity contribution in [3.63, 3.8) is 0 Å². The summed E-state index contributed by atoms with van der Waals surface area (Å²) in [7, 11) is 0. The van der Waals surface area contributed by atoms with E-state index in [1.165, 1.54) is 12.8 Å². The minimum absolute atomic E-state index is 0.0374.